The van der Waals surface area contributed by atoms with Crippen molar-refractivity contribution in [2.75, 3.05) is 11.9 Å². The van der Waals surface area contributed by atoms with Gasteiger partial charge in [-0.3, -0.25) is 0 Å². The molecule has 1 atom stereocenters. The van der Waals surface area contributed by atoms with Gasteiger partial charge < -0.3 is 10.4 Å². The molecule has 2 rings (SSSR count). The van der Waals surface area contributed by atoms with Crippen LogP contribution in [0.15, 0.2) is 10.7 Å². The molecule has 17 heavy (non-hydrogen) atoms. The maximum absolute atomic E-state index is 8.97. The smallest absolute Gasteiger partial charge is 0.135 e. The van der Waals surface area contributed by atoms with E-state index >= 15 is 0 Å². The summed E-state index contributed by atoms with van der Waals surface area (Å²) >= 11 is 3.42. The number of hydrogen-bond acceptors (Lipinski definition) is 4. The van der Waals surface area contributed by atoms with Crippen LogP contribution in [0.25, 0.3) is 0 Å². The summed E-state index contributed by atoms with van der Waals surface area (Å²) < 4.78 is 0.829. The predicted molar refractivity (Wildman–Crippen MR) is 71.1 cm³/mol. The van der Waals surface area contributed by atoms with E-state index in [1.165, 1.54) is 12.8 Å². The van der Waals surface area contributed by atoms with Crippen LogP contribution >= 0.6 is 15.9 Å². The Bertz CT molecular complexity index is 382. The summed E-state index contributed by atoms with van der Waals surface area (Å²) in [6.07, 6.45) is 4.12. The van der Waals surface area contributed by atoms with Crippen molar-refractivity contribution >= 4 is 21.7 Å². The van der Waals surface area contributed by atoms with Crippen molar-refractivity contribution < 1.29 is 5.11 Å². The van der Waals surface area contributed by atoms with Gasteiger partial charge in [0.2, 0.25) is 0 Å². The minimum absolute atomic E-state index is 0.202. The van der Waals surface area contributed by atoms with Crippen LogP contribution in [-0.2, 0) is 0 Å². The molecule has 4 nitrogen and oxygen atoms in total. The number of aliphatic hydroxyl groups excluding tert-OH is 1. The second kappa shape index (κ2) is 5.78. The minimum atomic E-state index is 0.202. The third kappa shape index (κ3) is 3.64. The first kappa shape index (κ1) is 12.8. The minimum Gasteiger partial charge on any atom is -0.396 e. The zero-order valence-corrected chi connectivity index (χ0v) is 11.6. The number of aromatic nitrogens is 2. The molecule has 2 N–H and O–H groups in total. The number of nitrogens with one attached hydrogen (secondary N) is 1. The molecular formula is C12H18BrN3O. The van der Waals surface area contributed by atoms with Gasteiger partial charge in [0, 0.05) is 24.6 Å². The van der Waals surface area contributed by atoms with Crippen LogP contribution in [0.3, 0.4) is 0 Å². The van der Waals surface area contributed by atoms with Crippen molar-refractivity contribution in [3.05, 3.63) is 16.5 Å². The Morgan fingerprint density at radius 3 is 2.88 bits per heavy atom. The summed E-state index contributed by atoms with van der Waals surface area (Å²) in [5.74, 6) is 2.33. The van der Waals surface area contributed by atoms with Crippen LogP contribution in [0.4, 0.5) is 5.82 Å². The lowest BCUT2D eigenvalue weighted by Gasteiger charge is -2.16. The molecule has 0 aliphatic heterocycles. The summed E-state index contributed by atoms with van der Waals surface area (Å²) in [4.78, 5) is 8.92. The quantitative estimate of drug-likeness (QED) is 0.793. The van der Waals surface area contributed by atoms with Gasteiger partial charge in [-0.25, -0.2) is 9.97 Å². The molecule has 0 radical (unpaired) electrons. The highest BCUT2D eigenvalue weighted by Gasteiger charge is 2.27. The molecule has 0 bridgehead atoms. The molecule has 1 aliphatic rings. The number of hydrogen-bond donors (Lipinski definition) is 2. The molecular weight excluding hydrogens is 282 g/mol. The molecule has 1 saturated carbocycles. The molecule has 5 heteroatoms. The molecule has 1 unspecified atom stereocenters. The lowest BCUT2D eigenvalue weighted by Crippen LogP contribution is -2.21. The second-order valence-electron chi connectivity index (χ2n) is 4.47. The zero-order valence-electron chi connectivity index (χ0n) is 9.99. The van der Waals surface area contributed by atoms with E-state index < -0.39 is 0 Å². The van der Waals surface area contributed by atoms with E-state index in [0.717, 1.165) is 29.1 Å². The largest absolute Gasteiger partial charge is 0.396 e. The summed E-state index contributed by atoms with van der Waals surface area (Å²) in [6, 6.07) is 2.17. The Hall–Kier alpha value is -0.680. The maximum Gasteiger partial charge on any atom is 0.135 e. The molecule has 1 aliphatic carbocycles. The highest BCUT2D eigenvalue weighted by molar-refractivity contribution is 9.10. The second-order valence-corrected chi connectivity index (χ2v) is 5.28. The molecule has 0 spiro atoms. The average molecular weight is 300 g/mol. The summed E-state index contributed by atoms with van der Waals surface area (Å²) in [5.41, 5.74) is 0. The molecule has 1 heterocycles. The fourth-order valence-electron chi connectivity index (χ4n) is 1.78. The van der Waals surface area contributed by atoms with E-state index in [-0.39, 0.29) is 12.6 Å². The normalized spacial score (nSPS) is 16.9. The van der Waals surface area contributed by atoms with Crippen molar-refractivity contribution in [3.63, 3.8) is 0 Å². The lowest BCUT2D eigenvalue weighted by atomic mass is 10.1. The van der Waals surface area contributed by atoms with Crippen molar-refractivity contribution in [2.45, 2.75) is 44.6 Å². The third-order valence-electron chi connectivity index (χ3n) is 2.98. The lowest BCUT2D eigenvalue weighted by molar-refractivity contribution is 0.278. The van der Waals surface area contributed by atoms with Crippen molar-refractivity contribution in [3.8, 4) is 0 Å². The summed E-state index contributed by atoms with van der Waals surface area (Å²) in [5, 5.41) is 12.3. The molecule has 1 aromatic rings. The SMILES string of the molecule is CCC(CCO)Nc1cc(Br)nc(C2CC2)n1. The highest BCUT2D eigenvalue weighted by Crippen LogP contribution is 2.38. The topological polar surface area (TPSA) is 58.0 Å². The van der Waals surface area contributed by atoms with Gasteiger partial charge in [0.25, 0.3) is 0 Å². The number of aliphatic hydroxyl groups is 1. The highest BCUT2D eigenvalue weighted by atomic mass is 79.9. The molecule has 94 valence electrons. The molecule has 0 amide bonds. The Labute approximate surface area is 110 Å². The number of anilines is 1. The Morgan fingerprint density at radius 1 is 1.53 bits per heavy atom. The standard InChI is InChI=1S/C12H18BrN3O/c1-2-9(5-6-17)14-11-7-10(13)15-12(16-11)8-3-4-8/h7-9,17H,2-6H2,1H3,(H,14,15,16). The first-order valence-electron chi connectivity index (χ1n) is 6.14. The first-order chi connectivity index (χ1) is 8.22. The van der Waals surface area contributed by atoms with Gasteiger partial charge in [0.15, 0.2) is 0 Å². The summed E-state index contributed by atoms with van der Waals surface area (Å²) in [6.45, 7) is 2.30. The van der Waals surface area contributed by atoms with Crippen LogP contribution in [-0.4, -0.2) is 27.7 Å². The summed E-state index contributed by atoms with van der Waals surface area (Å²) in [7, 11) is 0. The van der Waals surface area contributed by atoms with Crippen molar-refractivity contribution in [1.29, 1.82) is 0 Å². The van der Waals surface area contributed by atoms with E-state index in [1.807, 2.05) is 6.07 Å². The van der Waals surface area contributed by atoms with E-state index in [4.69, 9.17) is 5.11 Å². The zero-order chi connectivity index (χ0) is 12.3. The van der Waals surface area contributed by atoms with E-state index in [0.29, 0.717) is 5.92 Å². The van der Waals surface area contributed by atoms with Gasteiger partial charge in [-0.05, 0) is 41.6 Å². The van der Waals surface area contributed by atoms with Gasteiger partial charge in [-0.15, -0.1) is 0 Å². The van der Waals surface area contributed by atoms with Crippen LogP contribution in [0, 0.1) is 0 Å². The van der Waals surface area contributed by atoms with Crippen molar-refractivity contribution in [2.24, 2.45) is 0 Å². The first-order valence-corrected chi connectivity index (χ1v) is 6.94. The number of rotatable bonds is 6. The molecule has 0 aromatic carbocycles. The van der Waals surface area contributed by atoms with E-state index in [1.54, 1.807) is 0 Å². The Morgan fingerprint density at radius 2 is 2.29 bits per heavy atom. The monoisotopic (exact) mass is 299 g/mol. The van der Waals surface area contributed by atoms with Crippen LogP contribution < -0.4 is 5.32 Å². The van der Waals surface area contributed by atoms with Crippen LogP contribution in [0.2, 0.25) is 0 Å². The molecule has 0 saturated heterocycles. The predicted octanol–water partition coefficient (Wildman–Crippen LogP) is 2.69. The van der Waals surface area contributed by atoms with Gasteiger partial charge in [0.1, 0.15) is 16.2 Å². The van der Waals surface area contributed by atoms with Gasteiger partial charge in [-0.1, -0.05) is 6.92 Å². The van der Waals surface area contributed by atoms with Crippen LogP contribution in [0.5, 0.6) is 0 Å². The fraction of sp³-hybridized carbons (Fsp3) is 0.667. The Kier molecular flexibility index (Phi) is 4.34. The maximum atomic E-state index is 8.97. The average Bonchev–Trinajstić information content (AvgIpc) is 3.11. The number of halogens is 1. The van der Waals surface area contributed by atoms with Gasteiger partial charge in [0.05, 0.1) is 0 Å². The van der Waals surface area contributed by atoms with E-state index in [9.17, 15) is 0 Å². The molecule has 1 fully saturated rings. The Balaban J connectivity index is 2.08. The van der Waals surface area contributed by atoms with Crippen LogP contribution in [0.1, 0.15) is 44.3 Å². The molecule has 1 aromatic heterocycles. The van der Waals surface area contributed by atoms with Gasteiger partial charge >= 0.3 is 0 Å². The van der Waals surface area contributed by atoms with Crippen molar-refractivity contribution in [1.82, 2.24) is 9.97 Å². The number of nitrogens with zero attached hydrogens (tertiary/aromatic N) is 2. The third-order valence-corrected chi connectivity index (χ3v) is 3.38. The van der Waals surface area contributed by atoms with Gasteiger partial charge in [-0.2, -0.15) is 0 Å². The van der Waals surface area contributed by atoms with E-state index in [2.05, 4.69) is 38.1 Å². The fourth-order valence-corrected chi connectivity index (χ4v) is 2.18.